The third-order valence-electron chi connectivity index (χ3n) is 2.45. The molecule has 1 rings (SSSR count). The van der Waals surface area contributed by atoms with Gasteiger partial charge in [-0.15, -0.1) is 0 Å². The van der Waals surface area contributed by atoms with E-state index in [1.165, 1.54) is 0 Å². The Balaban J connectivity index is 2.19. The van der Waals surface area contributed by atoms with Gasteiger partial charge in [0.1, 0.15) is 0 Å². The zero-order valence-corrected chi connectivity index (χ0v) is 8.15. The highest BCUT2D eigenvalue weighted by atomic mass is 16.3. The summed E-state index contributed by atoms with van der Waals surface area (Å²) in [7, 11) is 0. The molecule has 0 spiro atoms. The lowest BCUT2D eigenvalue weighted by Gasteiger charge is -2.15. The SMILES string of the molecule is NC(CC(=O)NC(CO)CO)C1CC1. The van der Waals surface area contributed by atoms with Crippen LogP contribution in [0.4, 0.5) is 0 Å². The molecule has 1 aliphatic rings. The Morgan fingerprint density at radius 3 is 2.43 bits per heavy atom. The van der Waals surface area contributed by atoms with Gasteiger partial charge < -0.3 is 21.3 Å². The quantitative estimate of drug-likeness (QED) is 0.425. The average Bonchev–Trinajstić information content (AvgIpc) is 2.97. The molecule has 82 valence electrons. The van der Waals surface area contributed by atoms with Gasteiger partial charge in [-0.2, -0.15) is 0 Å². The highest BCUT2D eigenvalue weighted by Crippen LogP contribution is 2.32. The van der Waals surface area contributed by atoms with Crippen molar-refractivity contribution in [2.75, 3.05) is 13.2 Å². The van der Waals surface area contributed by atoms with Crippen molar-refractivity contribution in [3.63, 3.8) is 0 Å². The van der Waals surface area contributed by atoms with Crippen LogP contribution in [0.5, 0.6) is 0 Å². The minimum atomic E-state index is -0.561. The number of amides is 1. The van der Waals surface area contributed by atoms with Crippen molar-refractivity contribution < 1.29 is 15.0 Å². The molecule has 0 heterocycles. The summed E-state index contributed by atoms with van der Waals surface area (Å²) >= 11 is 0. The summed E-state index contributed by atoms with van der Waals surface area (Å²) in [5.74, 6) is 0.292. The minimum absolute atomic E-state index is 0.0759. The fourth-order valence-electron chi connectivity index (χ4n) is 1.34. The van der Waals surface area contributed by atoms with Crippen molar-refractivity contribution in [2.45, 2.75) is 31.3 Å². The van der Waals surface area contributed by atoms with Gasteiger partial charge in [0.15, 0.2) is 0 Å². The van der Waals surface area contributed by atoms with Gasteiger partial charge in [-0.1, -0.05) is 0 Å². The average molecular weight is 202 g/mol. The molecule has 0 aliphatic heterocycles. The van der Waals surface area contributed by atoms with E-state index < -0.39 is 6.04 Å². The zero-order chi connectivity index (χ0) is 10.6. The minimum Gasteiger partial charge on any atom is -0.394 e. The lowest BCUT2D eigenvalue weighted by molar-refractivity contribution is -0.122. The highest BCUT2D eigenvalue weighted by Gasteiger charge is 2.30. The van der Waals surface area contributed by atoms with Crippen molar-refractivity contribution in [1.82, 2.24) is 5.32 Å². The summed E-state index contributed by atoms with van der Waals surface area (Å²) in [5.41, 5.74) is 5.75. The first-order valence-electron chi connectivity index (χ1n) is 4.94. The van der Waals surface area contributed by atoms with Crippen LogP contribution in [0.1, 0.15) is 19.3 Å². The Morgan fingerprint density at radius 2 is 2.00 bits per heavy atom. The van der Waals surface area contributed by atoms with E-state index in [2.05, 4.69) is 5.32 Å². The Kier molecular flexibility index (Phi) is 4.31. The number of hydrogen-bond donors (Lipinski definition) is 4. The molecule has 5 nitrogen and oxygen atoms in total. The normalized spacial score (nSPS) is 18.3. The van der Waals surface area contributed by atoms with Gasteiger partial charge in [0.2, 0.25) is 5.91 Å². The smallest absolute Gasteiger partial charge is 0.221 e. The topological polar surface area (TPSA) is 95.6 Å². The van der Waals surface area contributed by atoms with Crippen molar-refractivity contribution in [1.29, 1.82) is 0 Å². The van der Waals surface area contributed by atoms with Gasteiger partial charge in [-0.3, -0.25) is 4.79 Å². The van der Waals surface area contributed by atoms with E-state index in [1.54, 1.807) is 0 Å². The van der Waals surface area contributed by atoms with Gasteiger partial charge in [0, 0.05) is 12.5 Å². The first-order chi connectivity index (χ1) is 6.67. The zero-order valence-electron chi connectivity index (χ0n) is 8.15. The number of aliphatic hydroxyl groups is 2. The van der Waals surface area contributed by atoms with Gasteiger partial charge in [-0.25, -0.2) is 0 Å². The van der Waals surface area contributed by atoms with Crippen molar-refractivity contribution in [3.8, 4) is 0 Å². The van der Waals surface area contributed by atoms with Crippen LogP contribution < -0.4 is 11.1 Å². The summed E-state index contributed by atoms with van der Waals surface area (Å²) in [6.07, 6.45) is 2.50. The molecular formula is C9H18N2O3. The maximum atomic E-state index is 11.3. The molecule has 5 heteroatoms. The van der Waals surface area contributed by atoms with Crippen molar-refractivity contribution in [3.05, 3.63) is 0 Å². The van der Waals surface area contributed by atoms with Crippen molar-refractivity contribution in [2.24, 2.45) is 11.7 Å². The Bertz CT molecular complexity index is 184. The summed E-state index contributed by atoms with van der Waals surface area (Å²) < 4.78 is 0. The molecular weight excluding hydrogens is 184 g/mol. The highest BCUT2D eigenvalue weighted by molar-refractivity contribution is 5.77. The van der Waals surface area contributed by atoms with E-state index in [0.717, 1.165) is 12.8 Å². The summed E-state index contributed by atoms with van der Waals surface area (Å²) in [4.78, 5) is 11.3. The van der Waals surface area contributed by atoms with E-state index in [-0.39, 0.29) is 31.6 Å². The monoisotopic (exact) mass is 202 g/mol. The van der Waals surface area contributed by atoms with Gasteiger partial charge in [0.25, 0.3) is 0 Å². The third kappa shape index (κ3) is 3.61. The van der Waals surface area contributed by atoms with E-state index in [9.17, 15) is 4.79 Å². The van der Waals surface area contributed by atoms with Gasteiger partial charge in [-0.05, 0) is 18.8 Å². The van der Waals surface area contributed by atoms with Crippen LogP contribution >= 0.6 is 0 Å². The molecule has 1 unspecified atom stereocenters. The summed E-state index contributed by atoms with van der Waals surface area (Å²) in [5, 5.41) is 20.0. The molecule has 0 aromatic heterocycles. The largest absolute Gasteiger partial charge is 0.394 e. The van der Waals surface area contributed by atoms with E-state index in [4.69, 9.17) is 15.9 Å². The van der Waals surface area contributed by atoms with Crippen molar-refractivity contribution >= 4 is 5.91 Å². The molecule has 1 saturated carbocycles. The summed E-state index contributed by atoms with van der Waals surface area (Å²) in [6.45, 7) is -0.498. The van der Waals surface area contributed by atoms with Crippen LogP contribution in [-0.4, -0.2) is 41.4 Å². The molecule has 0 saturated heterocycles. The van der Waals surface area contributed by atoms with Crippen LogP contribution in [0.25, 0.3) is 0 Å². The number of nitrogens with one attached hydrogen (secondary N) is 1. The molecule has 14 heavy (non-hydrogen) atoms. The van der Waals surface area contributed by atoms with E-state index >= 15 is 0 Å². The number of aliphatic hydroxyl groups excluding tert-OH is 2. The lowest BCUT2D eigenvalue weighted by atomic mass is 10.1. The second-order valence-corrected chi connectivity index (χ2v) is 3.83. The number of carbonyl (C=O) groups is 1. The fraction of sp³-hybridized carbons (Fsp3) is 0.889. The number of hydrogen-bond acceptors (Lipinski definition) is 4. The Hall–Kier alpha value is -0.650. The van der Waals surface area contributed by atoms with E-state index in [1.807, 2.05) is 0 Å². The molecule has 0 aromatic rings. The number of rotatable bonds is 6. The summed E-state index contributed by atoms with van der Waals surface area (Å²) in [6, 6.07) is -0.637. The maximum Gasteiger partial charge on any atom is 0.221 e. The second-order valence-electron chi connectivity index (χ2n) is 3.83. The Morgan fingerprint density at radius 1 is 1.43 bits per heavy atom. The van der Waals surface area contributed by atoms with E-state index in [0.29, 0.717) is 5.92 Å². The van der Waals surface area contributed by atoms with Crippen LogP contribution in [0.2, 0.25) is 0 Å². The van der Waals surface area contributed by atoms with Crippen LogP contribution in [0.3, 0.4) is 0 Å². The van der Waals surface area contributed by atoms with Crippen LogP contribution in [0, 0.1) is 5.92 Å². The first-order valence-corrected chi connectivity index (χ1v) is 4.94. The third-order valence-corrected chi connectivity index (χ3v) is 2.45. The predicted octanol–water partition coefficient (Wildman–Crippen LogP) is -1.42. The Labute approximate surface area is 83.3 Å². The molecule has 1 atom stereocenters. The van der Waals surface area contributed by atoms with Crippen LogP contribution in [-0.2, 0) is 4.79 Å². The molecule has 1 amide bonds. The molecule has 0 bridgehead atoms. The van der Waals surface area contributed by atoms with Gasteiger partial charge in [0.05, 0.1) is 19.3 Å². The first kappa shape index (κ1) is 11.4. The predicted molar refractivity (Wildman–Crippen MR) is 51.4 cm³/mol. The molecule has 1 aliphatic carbocycles. The molecule has 0 aromatic carbocycles. The molecule has 5 N–H and O–H groups in total. The molecule has 1 fully saturated rings. The maximum absolute atomic E-state index is 11.3. The standard InChI is InChI=1S/C9H18N2O3/c10-8(6-1-2-6)3-9(14)11-7(4-12)5-13/h6-8,12-13H,1-5,10H2,(H,11,14). The molecule has 0 radical (unpaired) electrons. The number of carbonyl (C=O) groups excluding carboxylic acids is 1. The second kappa shape index (κ2) is 5.29. The fourth-order valence-corrected chi connectivity index (χ4v) is 1.34. The van der Waals surface area contributed by atoms with Crippen LogP contribution in [0.15, 0.2) is 0 Å². The number of nitrogens with two attached hydrogens (primary N) is 1. The van der Waals surface area contributed by atoms with Gasteiger partial charge >= 0.3 is 0 Å². The lowest BCUT2D eigenvalue weighted by Crippen LogP contribution is -2.42.